The standard InChI is InChI=1S/C21H19F5N2O5S/c1-9-3-11(15(23)5-14(9)22)16-13(21(24,25)26)4-12-17(27-20(31)28-19(12)30)18(16)34-7-10(6-29)33-8-32-2/h3-5,10,29H,6-8H2,1-2H3,(H2,27,28,30,31)/t10-/m0/s1. The van der Waals surface area contributed by atoms with Gasteiger partial charge in [0.05, 0.1) is 29.2 Å². The van der Waals surface area contributed by atoms with E-state index in [1.165, 1.54) is 14.0 Å². The van der Waals surface area contributed by atoms with E-state index in [1.807, 2.05) is 4.98 Å². The van der Waals surface area contributed by atoms with Crippen molar-refractivity contribution in [2.45, 2.75) is 24.1 Å². The third kappa shape index (κ3) is 5.32. The summed E-state index contributed by atoms with van der Waals surface area (Å²) in [4.78, 5) is 28.1. The van der Waals surface area contributed by atoms with E-state index in [2.05, 4.69) is 4.98 Å². The van der Waals surface area contributed by atoms with E-state index >= 15 is 0 Å². The minimum atomic E-state index is -5.04. The fourth-order valence-corrected chi connectivity index (χ4v) is 4.48. The number of H-pyrrole nitrogens is 2. The SMILES string of the molecule is COCO[C@@H](CO)CSc1c(-c2cc(C)c(F)cc2F)c(C(F)(F)F)cc2c(=O)[nH]c(=O)[nH]c12. The predicted molar refractivity (Wildman–Crippen MR) is 115 cm³/mol. The molecule has 3 aromatic rings. The number of thioether (sulfide) groups is 1. The molecule has 13 heteroatoms. The molecule has 1 atom stereocenters. The van der Waals surface area contributed by atoms with Crippen LogP contribution in [0.4, 0.5) is 22.0 Å². The summed E-state index contributed by atoms with van der Waals surface area (Å²) < 4.78 is 81.1. The average molecular weight is 506 g/mol. The van der Waals surface area contributed by atoms with Crippen LogP contribution in [0.3, 0.4) is 0 Å². The van der Waals surface area contributed by atoms with Crippen molar-refractivity contribution in [2.24, 2.45) is 0 Å². The Hall–Kier alpha value is -2.74. The number of rotatable bonds is 8. The molecule has 2 aromatic carbocycles. The van der Waals surface area contributed by atoms with Crippen LogP contribution in [-0.4, -0.2) is 47.4 Å². The van der Waals surface area contributed by atoms with Crippen molar-refractivity contribution in [1.82, 2.24) is 9.97 Å². The molecule has 3 N–H and O–H groups in total. The lowest BCUT2D eigenvalue weighted by Gasteiger charge is -2.21. The van der Waals surface area contributed by atoms with Gasteiger partial charge in [-0.1, -0.05) is 0 Å². The van der Waals surface area contributed by atoms with Crippen LogP contribution in [0, 0.1) is 18.6 Å². The number of aryl methyl sites for hydroxylation is 1. The molecule has 7 nitrogen and oxygen atoms in total. The van der Waals surface area contributed by atoms with Gasteiger partial charge in [0, 0.05) is 35.0 Å². The van der Waals surface area contributed by atoms with Gasteiger partial charge in [-0.05, 0) is 24.6 Å². The third-order valence-corrected chi connectivity index (χ3v) is 6.09. The van der Waals surface area contributed by atoms with Gasteiger partial charge in [-0.3, -0.25) is 9.78 Å². The van der Waals surface area contributed by atoms with Crippen LogP contribution >= 0.6 is 11.8 Å². The zero-order valence-corrected chi connectivity index (χ0v) is 18.6. The smallest absolute Gasteiger partial charge is 0.394 e. The number of aromatic nitrogens is 2. The van der Waals surface area contributed by atoms with Crippen LogP contribution in [0.1, 0.15) is 11.1 Å². The first-order valence-electron chi connectivity index (χ1n) is 9.68. The second-order valence-corrected chi connectivity index (χ2v) is 8.26. The number of aromatic amines is 2. The molecule has 0 saturated carbocycles. The van der Waals surface area contributed by atoms with Crippen LogP contribution in [0.5, 0.6) is 0 Å². The van der Waals surface area contributed by atoms with E-state index in [0.717, 1.165) is 6.07 Å². The van der Waals surface area contributed by atoms with Crippen molar-refractivity contribution >= 4 is 22.7 Å². The molecule has 0 amide bonds. The molecule has 34 heavy (non-hydrogen) atoms. The predicted octanol–water partition coefficient (Wildman–Crippen LogP) is 3.56. The average Bonchev–Trinajstić information content (AvgIpc) is 2.75. The van der Waals surface area contributed by atoms with Crippen molar-refractivity contribution in [3.05, 3.63) is 61.8 Å². The lowest BCUT2D eigenvalue weighted by molar-refractivity contribution is -0.137. The van der Waals surface area contributed by atoms with Crippen molar-refractivity contribution < 1.29 is 36.5 Å². The van der Waals surface area contributed by atoms with Crippen molar-refractivity contribution in [3.63, 3.8) is 0 Å². The fourth-order valence-electron chi connectivity index (χ4n) is 3.25. The number of aliphatic hydroxyl groups is 1. The fraction of sp³-hybridized carbons (Fsp3) is 0.333. The van der Waals surface area contributed by atoms with Crippen LogP contribution in [-0.2, 0) is 15.7 Å². The molecule has 0 spiro atoms. The van der Waals surface area contributed by atoms with Gasteiger partial charge < -0.3 is 19.6 Å². The van der Waals surface area contributed by atoms with Crippen molar-refractivity contribution in [2.75, 3.05) is 26.3 Å². The maximum Gasteiger partial charge on any atom is 0.417 e. The molecule has 1 heterocycles. The summed E-state index contributed by atoms with van der Waals surface area (Å²) in [6.45, 7) is 0.514. The van der Waals surface area contributed by atoms with Gasteiger partial charge in [0.1, 0.15) is 18.4 Å². The molecular formula is C21H19F5N2O5S. The van der Waals surface area contributed by atoms with Crippen molar-refractivity contribution in [1.29, 1.82) is 0 Å². The van der Waals surface area contributed by atoms with Crippen LogP contribution < -0.4 is 11.2 Å². The summed E-state index contributed by atoms with van der Waals surface area (Å²) >= 11 is 0.697. The Bertz CT molecular complexity index is 1320. The molecule has 0 aliphatic rings. The maximum absolute atomic E-state index is 14.8. The lowest BCUT2D eigenvalue weighted by Crippen LogP contribution is -2.24. The Morgan fingerprint density at radius 2 is 1.82 bits per heavy atom. The van der Waals surface area contributed by atoms with Gasteiger partial charge in [0.15, 0.2) is 0 Å². The first-order valence-corrected chi connectivity index (χ1v) is 10.7. The molecule has 0 fully saturated rings. The van der Waals surface area contributed by atoms with Crippen LogP contribution in [0.15, 0.2) is 32.7 Å². The number of ether oxygens (including phenoxy) is 2. The molecule has 0 saturated heterocycles. The summed E-state index contributed by atoms with van der Waals surface area (Å²) in [7, 11) is 1.33. The Kier molecular flexibility index (Phi) is 7.81. The quantitative estimate of drug-likeness (QED) is 0.245. The Morgan fingerprint density at radius 1 is 1.12 bits per heavy atom. The Balaban J connectivity index is 2.39. The van der Waals surface area contributed by atoms with Gasteiger partial charge >= 0.3 is 11.9 Å². The molecule has 184 valence electrons. The number of fused-ring (bicyclic) bond motifs is 1. The second-order valence-electron chi connectivity index (χ2n) is 7.23. The Morgan fingerprint density at radius 3 is 2.44 bits per heavy atom. The van der Waals surface area contributed by atoms with Crippen molar-refractivity contribution in [3.8, 4) is 11.1 Å². The normalized spacial score (nSPS) is 12.9. The van der Waals surface area contributed by atoms with E-state index < -0.39 is 63.8 Å². The molecule has 0 bridgehead atoms. The zero-order chi connectivity index (χ0) is 25.2. The van der Waals surface area contributed by atoms with Gasteiger partial charge in [0.2, 0.25) is 0 Å². The van der Waals surface area contributed by atoms with E-state index in [0.29, 0.717) is 23.9 Å². The summed E-state index contributed by atoms with van der Waals surface area (Å²) in [6, 6.07) is 1.89. The molecule has 0 radical (unpaired) electrons. The monoisotopic (exact) mass is 506 g/mol. The minimum Gasteiger partial charge on any atom is -0.394 e. The van der Waals surface area contributed by atoms with Crippen LogP contribution in [0.2, 0.25) is 0 Å². The highest BCUT2D eigenvalue weighted by Crippen LogP contribution is 2.46. The van der Waals surface area contributed by atoms with Gasteiger partial charge in [-0.25, -0.2) is 13.6 Å². The summed E-state index contributed by atoms with van der Waals surface area (Å²) in [5.41, 5.74) is -5.07. The topological polar surface area (TPSA) is 104 Å². The minimum absolute atomic E-state index is 0.114. The number of halogens is 5. The number of alkyl halides is 3. The third-order valence-electron chi connectivity index (χ3n) is 4.85. The molecule has 0 aliphatic heterocycles. The number of methoxy groups -OCH3 is 1. The number of hydrogen-bond donors (Lipinski definition) is 3. The second kappa shape index (κ2) is 10.3. The molecule has 0 aliphatic carbocycles. The highest BCUT2D eigenvalue weighted by molar-refractivity contribution is 7.99. The summed E-state index contributed by atoms with van der Waals surface area (Å²) in [6.07, 6.45) is -5.95. The van der Waals surface area contributed by atoms with Gasteiger partial charge in [-0.15, -0.1) is 11.8 Å². The number of aliphatic hydroxyl groups excluding tert-OH is 1. The first-order chi connectivity index (χ1) is 16.0. The molecular weight excluding hydrogens is 487 g/mol. The number of hydrogen-bond acceptors (Lipinski definition) is 6. The molecule has 1 aromatic heterocycles. The van der Waals surface area contributed by atoms with E-state index in [1.54, 1.807) is 0 Å². The Labute approximate surface area is 192 Å². The highest BCUT2D eigenvalue weighted by atomic mass is 32.2. The summed E-state index contributed by atoms with van der Waals surface area (Å²) in [5, 5.41) is 9.04. The van der Waals surface area contributed by atoms with Gasteiger partial charge in [0.25, 0.3) is 5.56 Å². The maximum atomic E-state index is 14.8. The van der Waals surface area contributed by atoms with E-state index in [9.17, 15) is 36.6 Å². The molecule has 3 rings (SSSR count). The first kappa shape index (κ1) is 25.9. The largest absolute Gasteiger partial charge is 0.417 e. The van der Waals surface area contributed by atoms with Gasteiger partial charge in [-0.2, -0.15) is 13.2 Å². The summed E-state index contributed by atoms with van der Waals surface area (Å²) in [5.74, 6) is -2.38. The number of nitrogens with one attached hydrogen (secondary N) is 2. The highest BCUT2D eigenvalue weighted by Gasteiger charge is 2.37. The number of benzene rings is 2. The zero-order valence-electron chi connectivity index (χ0n) is 17.8. The van der Waals surface area contributed by atoms with E-state index in [-0.39, 0.29) is 28.5 Å². The molecule has 0 unspecified atom stereocenters. The van der Waals surface area contributed by atoms with Crippen LogP contribution in [0.25, 0.3) is 22.0 Å². The van der Waals surface area contributed by atoms with E-state index in [4.69, 9.17) is 9.47 Å². The lowest BCUT2D eigenvalue weighted by atomic mass is 9.95.